The van der Waals surface area contributed by atoms with Gasteiger partial charge in [-0.2, -0.15) is 0 Å². The maximum atomic E-state index is 13.6. The van der Waals surface area contributed by atoms with Crippen molar-refractivity contribution in [2.75, 3.05) is 6.79 Å². The predicted octanol–water partition coefficient (Wildman–Crippen LogP) is 4.04. The number of hydrogen-bond donors (Lipinski definition) is 0. The summed E-state index contributed by atoms with van der Waals surface area (Å²) in [6, 6.07) is 7.73. The molecule has 1 amide bonds. The summed E-state index contributed by atoms with van der Waals surface area (Å²) in [5.41, 5.74) is 0.824. The van der Waals surface area contributed by atoms with E-state index in [4.69, 9.17) is 9.47 Å². The largest absolute Gasteiger partial charge is 0.454 e. The van der Waals surface area contributed by atoms with Crippen LogP contribution in [-0.2, 0) is 17.9 Å². The van der Waals surface area contributed by atoms with Gasteiger partial charge in [0.05, 0.1) is 11.7 Å². The van der Waals surface area contributed by atoms with Crippen molar-refractivity contribution in [3.05, 3.63) is 51.9 Å². The maximum absolute atomic E-state index is 13.6. The van der Waals surface area contributed by atoms with Crippen molar-refractivity contribution >= 4 is 27.5 Å². The molecule has 3 heterocycles. The Morgan fingerprint density at radius 3 is 2.94 bits per heavy atom. The molecule has 8 heteroatoms. The molecule has 0 radical (unpaired) electrons. The zero-order valence-electron chi connectivity index (χ0n) is 18.3. The van der Waals surface area contributed by atoms with E-state index in [1.807, 2.05) is 28.5 Å². The van der Waals surface area contributed by atoms with Crippen molar-refractivity contribution in [3.63, 3.8) is 0 Å². The number of nitrogens with zero attached hydrogens (tertiary/aromatic N) is 3. The van der Waals surface area contributed by atoms with Crippen LogP contribution in [0.3, 0.4) is 0 Å². The van der Waals surface area contributed by atoms with E-state index in [9.17, 15) is 9.59 Å². The Labute approximate surface area is 190 Å². The number of rotatable bonds is 5. The second kappa shape index (κ2) is 8.58. The molecule has 7 nitrogen and oxygen atoms in total. The SMILES string of the molecule is CC1CCCC(N(Cc2ccc3c(c2)OCO3)C(=O)Cn2cnc3sccc3c2=O)C1C. The molecule has 1 aromatic carbocycles. The number of carbonyl (C=O) groups is 1. The van der Waals surface area contributed by atoms with Crippen LogP contribution >= 0.6 is 11.3 Å². The Kier molecular flexibility index (Phi) is 5.63. The van der Waals surface area contributed by atoms with Crippen molar-refractivity contribution in [2.45, 2.75) is 52.2 Å². The highest BCUT2D eigenvalue weighted by molar-refractivity contribution is 7.16. The van der Waals surface area contributed by atoms with Crippen LogP contribution in [0.1, 0.15) is 38.7 Å². The van der Waals surface area contributed by atoms with Crippen molar-refractivity contribution in [1.29, 1.82) is 0 Å². The minimum absolute atomic E-state index is 0.0141. The van der Waals surface area contributed by atoms with E-state index >= 15 is 0 Å². The summed E-state index contributed by atoms with van der Waals surface area (Å²) < 4.78 is 12.4. The molecule has 3 atom stereocenters. The highest BCUT2D eigenvalue weighted by Gasteiger charge is 2.34. The van der Waals surface area contributed by atoms with Gasteiger partial charge in [-0.15, -0.1) is 11.3 Å². The fraction of sp³-hybridized carbons (Fsp3) is 0.458. The molecule has 0 bridgehead atoms. The average Bonchev–Trinajstić information content (AvgIpc) is 3.45. The molecule has 0 saturated heterocycles. The zero-order chi connectivity index (χ0) is 22.2. The predicted molar refractivity (Wildman–Crippen MR) is 123 cm³/mol. The lowest BCUT2D eigenvalue weighted by Crippen LogP contribution is -2.48. The lowest BCUT2D eigenvalue weighted by atomic mass is 9.77. The first-order valence-electron chi connectivity index (χ1n) is 11.1. The van der Waals surface area contributed by atoms with E-state index in [1.54, 1.807) is 6.07 Å². The lowest BCUT2D eigenvalue weighted by molar-refractivity contribution is -0.137. The summed E-state index contributed by atoms with van der Waals surface area (Å²) in [6.45, 7) is 5.18. The third-order valence-electron chi connectivity index (χ3n) is 6.93. The molecule has 0 spiro atoms. The van der Waals surface area contributed by atoms with Crippen LogP contribution < -0.4 is 15.0 Å². The van der Waals surface area contributed by atoms with Crippen molar-refractivity contribution in [1.82, 2.24) is 14.5 Å². The van der Waals surface area contributed by atoms with Crippen molar-refractivity contribution in [2.24, 2.45) is 11.8 Å². The van der Waals surface area contributed by atoms with E-state index < -0.39 is 0 Å². The molecule has 1 fully saturated rings. The highest BCUT2D eigenvalue weighted by Crippen LogP contribution is 2.36. The summed E-state index contributed by atoms with van der Waals surface area (Å²) in [5.74, 6) is 2.31. The van der Waals surface area contributed by atoms with E-state index in [0.717, 1.165) is 24.2 Å². The molecule has 5 rings (SSSR count). The number of hydrogen-bond acceptors (Lipinski definition) is 6. The maximum Gasteiger partial charge on any atom is 0.262 e. The first-order chi connectivity index (χ1) is 15.5. The van der Waals surface area contributed by atoms with Crippen LogP contribution in [0.5, 0.6) is 11.5 Å². The summed E-state index contributed by atoms with van der Waals surface area (Å²) in [7, 11) is 0. The van der Waals surface area contributed by atoms with Gasteiger partial charge in [-0.25, -0.2) is 4.98 Å². The first kappa shape index (κ1) is 21.0. The number of carbonyl (C=O) groups excluding carboxylic acids is 1. The van der Waals surface area contributed by atoms with Crippen LogP contribution in [0.25, 0.3) is 10.2 Å². The van der Waals surface area contributed by atoms with Crippen LogP contribution in [0, 0.1) is 11.8 Å². The summed E-state index contributed by atoms with van der Waals surface area (Å²) in [5, 5.41) is 2.41. The second-order valence-corrected chi connectivity index (χ2v) is 9.76. The summed E-state index contributed by atoms with van der Waals surface area (Å²) in [6.07, 6.45) is 4.74. The Morgan fingerprint density at radius 2 is 2.06 bits per heavy atom. The van der Waals surface area contributed by atoms with Crippen molar-refractivity contribution < 1.29 is 14.3 Å². The molecular weight excluding hydrogens is 426 g/mol. The number of fused-ring (bicyclic) bond motifs is 2. The molecule has 3 unspecified atom stereocenters. The monoisotopic (exact) mass is 453 g/mol. The second-order valence-electron chi connectivity index (χ2n) is 8.86. The summed E-state index contributed by atoms with van der Waals surface area (Å²) >= 11 is 1.43. The van der Waals surface area contributed by atoms with Gasteiger partial charge >= 0.3 is 0 Å². The summed E-state index contributed by atoms with van der Waals surface area (Å²) in [4.78, 5) is 33.5. The Balaban J connectivity index is 1.44. The molecular formula is C24H27N3O4S. The van der Waals surface area contributed by atoms with Crippen molar-refractivity contribution in [3.8, 4) is 11.5 Å². The quantitative estimate of drug-likeness (QED) is 0.583. The number of thiophene rings is 1. The molecule has 1 saturated carbocycles. The molecule has 32 heavy (non-hydrogen) atoms. The van der Waals surface area contributed by atoms with E-state index in [-0.39, 0.29) is 30.8 Å². The molecule has 1 aliphatic heterocycles. The molecule has 168 valence electrons. The molecule has 1 aliphatic carbocycles. The third-order valence-corrected chi connectivity index (χ3v) is 7.75. The fourth-order valence-electron chi connectivity index (χ4n) is 4.86. The number of amides is 1. The van der Waals surface area contributed by atoms with Gasteiger partial charge in [-0.3, -0.25) is 14.2 Å². The topological polar surface area (TPSA) is 73.7 Å². The van der Waals surface area contributed by atoms with E-state index in [2.05, 4.69) is 18.8 Å². The smallest absolute Gasteiger partial charge is 0.262 e. The van der Waals surface area contributed by atoms with Gasteiger partial charge in [0.1, 0.15) is 11.4 Å². The average molecular weight is 454 g/mol. The molecule has 2 aliphatic rings. The minimum Gasteiger partial charge on any atom is -0.454 e. The van der Waals surface area contributed by atoms with Crippen LogP contribution in [-0.4, -0.2) is 33.2 Å². The van der Waals surface area contributed by atoms with Gasteiger partial charge in [0, 0.05) is 12.6 Å². The fourth-order valence-corrected chi connectivity index (χ4v) is 5.59. The lowest BCUT2D eigenvalue weighted by Gasteiger charge is -2.42. The van der Waals surface area contributed by atoms with Crippen LogP contribution in [0.15, 0.2) is 40.8 Å². The first-order valence-corrected chi connectivity index (χ1v) is 12.0. The minimum atomic E-state index is -0.169. The van der Waals surface area contributed by atoms with Gasteiger partial charge in [0.25, 0.3) is 5.56 Å². The van der Waals surface area contributed by atoms with Gasteiger partial charge in [-0.1, -0.05) is 32.8 Å². The Bertz CT molecular complexity index is 1200. The van der Waals surface area contributed by atoms with E-state index in [0.29, 0.717) is 34.3 Å². The van der Waals surface area contributed by atoms with Crippen LogP contribution in [0.2, 0.25) is 0 Å². The number of benzene rings is 1. The third kappa shape index (κ3) is 3.88. The van der Waals surface area contributed by atoms with Gasteiger partial charge in [0.15, 0.2) is 11.5 Å². The normalized spacial score (nSPS) is 22.2. The molecule has 0 N–H and O–H groups in total. The van der Waals surface area contributed by atoms with Gasteiger partial charge < -0.3 is 14.4 Å². The standard InChI is InChI=1S/C24H27N3O4S/c1-15-4-3-5-19(16(15)2)27(11-17-6-7-20-21(10-17)31-14-30-20)22(28)12-26-13-25-23-18(24(26)29)8-9-32-23/h6-10,13,15-16,19H,3-5,11-12,14H2,1-2H3. The molecule has 2 aromatic heterocycles. The van der Waals surface area contributed by atoms with Crippen LogP contribution in [0.4, 0.5) is 0 Å². The number of ether oxygens (including phenoxy) is 2. The Morgan fingerprint density at radius 1 is 1.22 bits per heavy atom. The van der Waals surface area contributed by atoms with Gasteiger partial charge in [0.2, 0.25) is 12.7 Å². The number of aromatic nitrogens is 2. The van der Waals surface area contributed by atoms with E-state index in [1.165, 1.54) is 28.7 Å². The Hall–Kier alpha value is -2.87. The molecule has 3 aromatic rings. The highest BCUT2D eigenvalue weighted by atomic mass is 32.1. The zero-order valence-corrected chi connectivity index (χ0v) is 19.1. The van der Waals surface area contributed by atoms with Gasteiger partial charge in [-0.05, 0) is 47.4 Å².